The van der Waals surface area contributed by atoms with Crippen molar-refractivity contribution in [3.63, 3.8) is 0 Å². The number of hydrogen-bond donors (Lipinski definition) is 2. The minimum absolute atomic E-state index is 0.00541. The van der Waals surface area contributed by atoms with Crippen LogP contribution < -0.4 is 5.32 Å². The lowest BCUT2D eigenvalue weighted by molar-refractivity contribution is 0.0700. The Balaban J connectivity index is 1.28. The Kier molecular flexibility index (Phi) is 7.86. The largest absolute Gasteiger partial charge is 0.367 e. The summed E-state index contributed by atoms with van der Waals surface area (Å²) in [7, 11) is 0. The normalized spacial score (nSPS) is 15.4. The number of nitrogens with zero attached hydrogens (tertiary/aromatic N) is 1. The second-order valence-electron chi connectivity index (χ2n) is 10.6. The molecule has 4 aromatic rings. The molecule has 1 saturated heterocycles. The van der Waals surface area contributed by atoms with Crippen molar-refractivity contribution in [1.29, 1.82) is 0 Å². The maximum atomic E-state index is 15.5. The lowest BCUT2D eigenvalue weighted by Gasteiger charge is -2.27. The van der Waals surface area contributed by atoms with Gasteiger partial charge in [0.1, 0.15) is 17.5 Å². The zero-order valence-corrected chi connectivity index (χ0v) is 22.8. The van der Waals surface area contributed by atoms with Gasteiger partial charge < -0.3 is 15.2 Å². The number of piperidine rings is 1. The van der Waals surface area contributed by atoms with Crippen molar-refractivity contribution in [2.75, 3.05) is 13.1 Å². The third-order valence-electron chi connectivity index (χ3n) is 8.01. The Morgan fingerprint density at radius 2 is 1.71 bits per heavy atom. The van der Waals surface area contributed by atoms with E-state index in [1.54, 1.807) is 24.5 Å². The van der Waals surface area contributed by atoms with Crippen LogP contribution in [0.5, 0.6) is 0 Å². The van der Waals surface area contributed by atoms with Crippen molar-refractivity contribution in [3.8, 4) is 34.8 Å². The number of fused-ring (bicyclic) bond motifs is 1. The van der Waals surface area contributed by atoms with Gasteiger partial charge in [0.2, 0.25) is 0 Å². The first-order chi connectivity index (χ1) is 20.5. The number of carbonyl (C=O) groups is 1. The molecule has 1 fully saturated rings. The van der Waals surface area contributed by atoms with Crippen LogP contribution in [-0.4, -0.2) is 28.9 Å². The Labute approximate surface area is 243 Å². The molecule has 2 aliphatic rings. The van der Waals surface area contributed by atoms with Crippen molar-refractivity contribution < 1.29 is 18.0 Å². The third kappa shape index (κ3) is 5.70. The topological polar surface area (TPSA) is 48.1 Å². The average molecular weight is 564 g/mol. The van der Waals surface area contributed by atoms with Gasteiger partial charge in [-0.05, 0) is 96.8 Å². The van der Waals surface area contributed by atoms with Crippen LogP contribution >= 0.6 is 0 Å². The van der Waals surface area contributed by atoms with E-state index in [4.69, 9.17) is 0 Å². The fourth-order valence-electron chi connectivity index (χ4n) is 5.76. The number of nitrogens with one attached hydrogen (secondary N) is 2. The average Bonchev–Trinajstić information content (AvgIpc) is 3.65. The highest BCUT2D eigenvalue weighted by atomic mass is 19.1. The van der Waals surface area contributed by atoms with Gasteiger partial charge in [0.25, 0.3) is 5.91 Å². The molecule has 0 aliphatic carbocycles. The minimum atomic E-state index is -0.936. The predicted molar refractivity (Wildman–Crippen MR) is 156 cm³/mol. The Morgan fingerprint density at radius 1 is 0.905 bits per heavy atom. The fourth-order valence-corrected chi connectivity index (χ4v) is 5.76. The predicted octanol–water partition coefficient (Wildman–Crippen LogP) is 6.71. The minimum Gasteiger partial charge on any atom is -0.367 e. The summed E-state index contributed by atoms with van der Waals surface area (Å²) in [5.74, 6) is 9.46. The molecule has 42 heavy (non-hydrogen) atoms. The van der Waals surface area contributed by atoms with E-state index in [0.717, 1.165) is 55.3 Å². The summed E-state index contributed by atoms with van der Waals surface area (Å²) in [5.41, 5.74) is 3.84. The number of H-pyrrole nitrogens is 1. The van der Waals surface area contributed by atoms with Gasteiger partial charge in [-0.3, -0.25) is 4.79 Å². The smallest absolute Gasteiger partial charge is 0.255 e. The maximum absolute atomic E-state index is 15.5. The number of carbonyl (C=O) groups excluding carboxylic acids is 1. The molecule has 1 amide bonds. The second kappa shape index (κ2) is 12.0. The molecule has 0 saturated carbocycles. The molecular weight excluding hydrogens is 535 g/mol. The summed E-state index contributed by atoms with van der Waals surface area (Å²) in [6.07, 6.45) is 5.62. The van der Waals surface area contributed by atoms with Gasteiger partial charge in [-0.15, -0.1) is 0 Å². The molecule has 1 unspecified atom stereocenters. The molecule has 0 bridgehead atoms. The van der Waals surface area contributed by atoms with E-state index in [-0.39, 0.29) is 29.7 Å². The number of amides is 1. The van der Waals surface area contributed by atoms with Gasteiger partial charge >= 0.3 is 0 Å². The molecule has 0 spiro atoms. The van der Waals surface area contributed by atoms with E-state index >= 15 is 4.39 Å². The van der Waals surface area contributed by atoms with Crippen LogP contribution in [0.4, 0.5) is 13.2 Å². The van der Waals surface area contributed by atoms with Crippen LogP contribution in [0, 0.1) is 41.1 Å². The summed E-state index contributed by atoms with van der Waals surface area (Å²) in [4.78, 5) is 18.0. The maximum Gasteiger partial charge on any atom is 0.255 e. The van der Waals surface area contributed by atoms with Crippen LogP contribution in [0.15, 0.2) is 73.1 Å². The fraction of sp³-hybridized carbons (Fsp3) is 0.229. The van der Waals surface area contributed by atoms with Gasteiger partial charge in [-0.1, -0.05) is 36.1 Å². The standard InChI is InChI=1S/C35H28F3N3O/c36-28-10-11-32(37)30(20-28)34(5-3-1-2-4-23-12-15-40-21-23)41-22-31-29(35(41)42)18-27(19-33(31)38)25-8-6-24(7-9-25)26-13-16-39-17-14-26/h6-12,15,18-21,26,34,39-40H,5,13-14,16-17,22H2. The molecule has 7 heteroatoms. The van der Waals surface area contributed by atoms with Crippen LogP contribution in [0.3, 0.4) is 0 Å². The van der Waals surface area contributed by atoms with Crippen LogP contribution in [-0.2, 0) is 6.54 Å². The molecule has 3 aromatic carbocycles. The third-order valence-corrected chi connectivity index (χ3v) is 8.01. The number of benzene rings is 3. The van der Waals surface area contributed by atoms with Crippen molar-refractivity contribution in [2.24, 2.45) is 0 Å². The zero-order valence-electron chi connectivity index (χ0n) is 22.8. The number of aromatic nitrogens is 1. The van der Waals surface area contributed by atoms with Gasteiger partial charge in [0.05, 0.1) is 12.6 Å². The Hall–Kier alpha value is -4.72. The molecule has 4 nitrogen and oxygen atoms in total. The van der Waals surface area contributed by atoms with E-state index in [0.29, 0.717) is 11.5 Å². The molecule has 2 N–H and O–H groups in total. The number of hydrogen-bond acceptors (Lipinski definition) is 2. The zero-order chi connectivity index (χ0) is 29.1. The van der Waals surface area contributed by atoms with Gasteiger partial charge in [-0.2, -0.15) is 0 Å². The summed E-state index contributed by atoms with van der Waals surface area (Å²) in [6, 6.07) is 15.2. The van der Waals surface area contributed by atoms with E-state index in [2.05, 4.69) is 46.1 Å². The number of rotatable bonds is 5. The molecule has 0 radical (unpaired) electrons. The molecular formula is C35H28F3N3O. The van der Waals surface area contributed by atoms with Crippen LogP contribution in [0.25, 0.3) is 11.1 Å². The first kappa shape index (κ1) is 27.4. The quantitative estimate of drug-likeness (QED) is 0.265. The molecule has 6 rings (SSSR count). The Bertz CT molecular complexity index is 1730. The Morgan fingerprint density at radius 3 is 2.48 bits per heavy atom. The molecule has 210 valence electrons. The van der Waals surface area contributed by atoms with Crippen molar-refractivity contribution >= 4 is 5.91 Å². The summed E-state index contributed by atoms with van der Waals surface area (Å²) in [6.45, 7) is 1.91. The lowest BCUT2D eigenvalue weighted by Crippen LogP contribution is -2.29. The molecule has 3 heterocycles. The molecule has 1 atom stereocenters. The highest BCUT2D eigenvalue weighted by Crippen LogP contribution is 2.38. The summed E-state index contributed by atoms with van der Waals surface area (Å²) < 4.78 is 44.7. The number of halogens is 3. The van der Waals surface area contributed by atoms with Gasteiger partial charge in [0.15, 0.2) is 0 Å². The highest BCUT2D eigenvalue weighted by Gasteiger charge is 2.36. The summed E-state index contributed by atoms with van der Waals surface area (Å²) in [5, 5.41) is 3.37. The monoisotopic (exact) mass is 563 g/mol. The molecule has 1 aromatic heterocycles. The van der Waals surface area contributed by atoms with Crippen molar-refractivity contribution in [1.82, 2.24) is 15.2 Å². The highest BCUT2D eigenvalue weighted by molar-refractivity contribution is 6.00. The summed E-state index contributed by atoms with van der Waals surface area (Å²) >= 11 is 0. The van der Waals surface area contributed by atoms with E-state index in [1.165, 1.54) is 16.5 Å². The van der Waals surface area contributed by atoms with Gasteiger partial charge in [0, 0.05) is 41.1 Å². The van der Waals surface area contributed by atoms with Crippen LogP contribution in [0.1, 0.15) is 63.8 Å². The lowest BCUT2D eigenvalue weighted by atomic mass is 9.89. The van der Waals surface area contributed by atoms with E-state index in [9.17, 15) is 13.6 Å². The first-order valence-electron chi connectivity index (χ1n) is 14.0. The van der Waals surface area contributed by atoms with Crippen LogP contribution in [0.2, 0.25) is 0 Å². The first-order valence-corrected chi connectivity index (χ1v) is 14.0. The molecule has 2 aliphatic heterocycles. The number of aromatic amines is 1. The van der Waals surface area contributed by atoms with Gasteiger partial charge in [-0.25, -0.2) is 13.2 Å². The second-order valence-corrected chi connectivity index (χ2v) is 10.6. The van der Waals surface area contributed by atoms with Crippen molar-refractivity contribution in [2.45, 2.75) is 37.8 Å². The van der Waals surface area contributed by atoms with E-state index < -0.39 is 29.4 Å². The van der Waals surface area contributed by atoms with Crippen molar-refractivity contribution in [3.05, 3.63) is 118 Å². The SMILES string of the molecule is O=C1c2cc(-c3ccc(C4CCNCC4)cc3)cc(F)c2CN1C(CC#CC#Cc1cc[nH]c1)c1cc(F)ccc1F. The van der Waals surface area contributed by atoms with E-state index in [1.807, 2.05) is 12.1 Å².